The van der Waals surface area contributed by atoms with E-state index in [-0.39, 0.29) is 24.8 Å². The molecule has 8 heteroatoms. The second-order valence-corrected chi connectivity index (χ2v) is 8.93. The van der Waals surface area contributed by atoms with Crippen LogP contribution in [0.25, 0.3) is 11.2 Å². The van der Waals surface area contributed by atoms with Gasteiger partial charge in [-0.3, -0.25) is 14.2 Å². The number of pyridine rings is 1. The number of fused-ring (bicyclic) bond motifs is 2. The number of hydrogen-bond acceptors (Lipinski definition) is 5. The standard InChI is InChI=1S/C25H25F2N3O3.C2H6/c26-11-16-12-29(13-16)14-20-15-30-7-6-19(9-23(30)28-20)25-18(10-24(32)33-27)3-1-2-17-8-21(31)4-5-22(17)25;1-2/h4-9,15-16,31H,1-3,10-14H2;1-2H3. The van der Waals surface area contributed by atoms with Crippen molar-refractivity contribution in [1.82, 2.24) is 14.3 Å². The number of imidazole rings is 1. The number of alkyl halides is 1. The number of phenols is 1. The number of benzene rings is 1. The Morgan fingerprint density at radius 1 is 1.20 bits per heavy atom. The fourth-order valence-corrected chi connectivity index (χ4v) is 4.98. The summed E-state index contributed by atoms with van der Waals surface area (Å²) in [6, 6.07) is 9.13. The normalized spacial score (nSPS) is 16.2. The third-order valence-electron chi connectivity index (χ3n) is 6.52. The molecule has 186 valence electrons. The molecule has 1 aliphatic heterocycles. The van der Waals surface area contributed by atoms with E-state index in [1.165, 1.54) is 0 Å². The van der Waals surface area contributed by atoms with E-state index in [1.54, 1.807) is 12.1 Å². The summed E-state index contributed by atoms with van der Waals surface area (Å²) >= 11 is 0. The number of carbonyl (C=O) groups excluding carboxylic acids is 1. The van der Waals surface area contributed by atoms with Crippen LogP contribution in [0, 0.1) is 5.92 Å². The first kappa shape index (κ1) is 24.9. The van der Waals surface area contributed by atoms with Gasteiger partial charge < -0.3 is 9.51 Å². The van der Waals surface area contributed by atoms with Crippen LogP contribution in [0.2, 0.25) is 0 Å². The van der Waals surface area contributed by atoms with Crippen LogP contribution in [-0.4, -0.2) is 45.1 Å². The number of phenolic OH excluding ortho intramolecular Hbond substituents is 1. The third-order valence-corrected chi connectivity index (χ3v) is 6.52. The molecule has 2 aromatic heterocycles. The molecule has 0 spiro atoms. The van der Waals surface area contributed by atoms with Crippen LogP contribution in [-0.2, 0) is 22.7 Å². The maximum atomic E-state index is 12.7. The molecule has 1 N–H and O–H groups in total. The maximum absolute atomic E-state index is 12.7. The molecule has 1 aliphatic carbocycles. The number of halogens is 2. The van der Waals surface area contributed by atoms with E-state index in [0.29, 0.717) is 13.0 Å². The minimum atomic E-state index is -0.921. The van der Waals surface area contributed by atoms with Gasteiger partial charge in [0.25, 0.3) is 0 Å². The van der Waals surface area contributed by atoms with E-state index >= 15 is 0 Å². The highest BCUT2D eigenvalue weighted by Crippen LogP contribution is 2.38. The summed E-state index contributed by atoms with van der Waals surface area (Å²) in [5.41, 5.74) is 6.10. The van der Waals surface area contributed by atoms with Gasteiger partial charge in [-0.1, -0.05) is 25.5 Å². The quantitative estimate of drug-likeness (QED) is 0.507. The summed E-state index contributed by atoms with van der Waals surface area (Å²) in [6.45, 7) is 5.89. The van der Waals surface area contributed by atoms with Crippen molar-refractivity contribution in [3.63, 3.8) is 0 Å². The van der Waals surface area contributed by atoms with Gasteiger partial charge in [0, 0.05) is 42.5 Å². The van der Waals surface area contributed by atoms with Gasteiger partial charge in [0.15, 0.2) is 0 Å². The summed E-state index contributed by atoms with van der Waals surface area (Å²) in [6.07, 6.45) is 5.89. The van der Waals surface area contributed by atoms with Crippen LogP contribution in [0.3, 0.4) is 0 Å². The highest BCUT2D eigenvalue weighted by atomic mass is 19.3. The number of hydrogen-bond donors (Lipinski definition) is 1. The zero-order valence-electron chi connectivity index (χ0n) is 20.1. The lowest BCUT2D eigenvalue weighted by molar-refractivity contribution is -0.182. The molecular formula is C27H31F2N3O3. The highest BCUT2D eigenvalue weighted by Gasteiger charge is 2.27. The number of aryl methyl sites for hydroxylation is 1. The topological polar surface area (TPSA) is 67.1 Å². The number of nitrogens with zero attached hydrogens (tertiary/aromatic N) is 3. The molecule has 0 radical (unpaired) electrons. The molecule has 0 atom stereocenters. The number of rotatable bonds is 6. The Morgan fingerprint density at radius 3 is 2.74 bits per heavy atom. The van der Waals surface area contributed by atoms with Crippen LogP contribution in [0.5, 0.6) is 5.75 Å². The lowest BCUT2D eigenvalue weighted by Crippen LogP contribution is -2.46. The Balaban J connectivity index is 0.00000141. The fraction of sp³-hybridized carbons (Fsp3) is 0.407. The molecule has 3 heterocycles. The molecule has 0 unspecified atom stereocenters. The minimum absolute atomic E-state index is 0.129. The average molecular weight is 484 g/mol. The van der Waals surface area contributed by atoms with Gasteiger partial charge in [-0.2, -0.15) is 0 Å². The lowest BCUT2D eigenvalue weighted by atomic mass is 9.90. The monoisotopic (exact) mass is 483 g/mol. The number of carbonyl (C=O) groups is 1. The molecule has 2 aliphatic rings. The van der Waals surface area contributed by atoms with E-state index in [2.05, 4.69) is 9.84 Å². The van der Waals surface area contributed by atoms with Crippen LogP contribution in [0.15, 0.2) is 48.3 Å². The van der Waals surface area contributed by atoms with Crippen molar-refractivity contribution in [3.8, 4) is 5.75 Å². The zero-order chi connectivity index (χ0) is 24.9. The maximum Gasteiger partial charge on any atom is 0.352 e. The van der Waals surface area contributed by atoms with Gasteiger partial charge in [-0.25, -0.2) is 9.78 Å². The van der Waals surface area contributed by atoms with E-state index in [1.807, 2.05) is 48.8 Å². The molecule has 0 amide bonds. The van der Waals surface area contributed by atoms with Crippen molar-refractivity contribution in [2.45, 2.75) is 46.1 Å². The van der Waals surface area contributed by atoms with Crippen molar-refractivity contribution in [1.29, 1.82) is 0 Å². The minimum Gasteiger partial charge on any atom is -0.508 e. The summed E-state index contributed by atoms with van der Waals surface area (Å²) in [5, 5.41) is 9.98. The molecule has 0 bridgehead atoms. The van der Waals surface area contributed by atoms with Gasteiger partial charge in [-0.05, 0) is 65.8 Å². The Morgan fingerprint density at radius 2 is 2.00 bits per heavy atom. The van der Waals surface area contributed by atoms with E-state index < -0.39 is 5.97 Å². The first-order chi connectivity index (χ1) is 17.0. The first-order valence-electron chi connectivity index (χ1n) is 12.2. The predicted molar refractivity (Wildman–Crippen MR) is 130 cm³/mol. The van der Waals surface area contributed by atoms with Gasteiger partial charge in [0.05, 0.1) is 18.8 Å². The lowest BCUT2D eigenvalue weighted by Gasteiger charge is -2.37. The molecule has 35 heavy (non-hydrogen) atoms. The van der Waals surface area contributed by atoms with Crippen molar-refractivity contribution in [2.75, 3.05) is 19.8 Å². The Kier molecular flexibility index (Phi) is 7.80. The largest absolute Gasteiger partial charge is 0.508 e. The molecule has 1 aromatic carbocycles. The van der Waals surface area contributed by atoms with Crippen molar-refractivity contribution in [3.05, 3.63) is 70.7 Å². The molecule has 5 rings (SSSR count). The second-order valence-electron chi connectivity index (χ2n) is 8.93. The molecule has 0 saturated carbocycles. The van der Waals surface area contributed by atoms with Crippen LogP contribution in [0.4, 0.5) is 8.92 Å². The van der Waals surface area contributed by atoms with Crippen molar-refractivity contribution < 1.29 is 23.8 Å². The van der Waals surface area contributed by atoms with E-state index in [4.69, 9.17) is 4.98 Å². The zero-order valence-corrected chi connectivity index (χ0v) is 20.1. The second kappa shape index (κ2) is 11.0. The fourth-order valence-electron chi connectivity index (χ4n) is 4.98. The van der Waals surface area contributed by atoms with Gasteiger partial charge in [0.2, 0.25) is 0 Å². The summed E-state index contributed by atoms with van der Waals surface area (Å²) in [4.78, 5) is 22.2. The smallest absolute Gasteiger partial charge is 0.352 e. The van der Waals surface area contributed by atoms with Gasteiger partial charge in [0.1, 0.15) is 11.4 Å². The first-order valence-corrected chi connectivity index (χ1v) is 12.2. The summed E-state index contributed by atoms with van der Waals surface area (Å²) in [7, 11) is 0. The Hall–Kier alpha value is -3.26. The molecule has 6 nitrogen and oxygen atoms in total. The third kappa shape index (κ3) is 5.37. The average Bonchev–Trinajstić information content (AvgIpc) is 3.16. The molecule has 3 aromatic rings. The Bertz CT molecular complexity index is 1230. The number of likely N-dealkylation sites (tertiary alicyclic amines) is 1. The van der Waals surface area contributed by atoms with Crippen LogP contribution >= 0.6 is 0 Å². The highest BCUT2D eigenvalue weighted by molar-refractivity contribution is 5.88. The number of aromatic hydroxyl groups is 1. The van der Waals surface area contributed by atoms with E-state index in [0.717, 1.165) is 65.1 Å². The number of aromatic nitrogens is 2. The molecule has 1 fully saturated rings. The van der Waals surface area contributed by atoms with Crippen LogP contribution < -0.4 is 0 Å². The summed E-state index contributed by atoms with van der Waals surface area (Å²) < 4.78 is 27.2. The summed E-state index contributed by atoms with van der Waals surface area (Å²) in [5.74, 6) is -0.603. The van der Waals surface area contributed by atoms with Gasteiger partial charge in [-0.15, -0.1) is 0 Å². The molecular weight excluding hydrogens is 452 g/mol. The predicted octanol–water partition coefficient (Wildman–Crippen LogP) is 5.42. The van der Waals surface area contributed by atoms with E-state index in [9.17, 15) is 18.8 Å². The SMILES string of the molecule is CC.O=C(CC1=C(c2ccn3cc(CN4CC(CF)C4)nc3c2)c2ccc(O)cc2CCC1)OF. The Labute approximate surface area is 203 Å². The molecule has 1 saturated heterocycles. The van der Waals surface area contributed by atoms with Gasteiger partial charge >= 0.3 is 5.97 Å². The van der Waals surface area contributed by atoms with Crippen molar-refractivity contribution >= 4 is 17.2 Å². The van der Waals surface area contributed by atoms with Crippen LogP contribution in [0.1, 0.15) is 55.5 Å². The van der Waals surface area contributed by atoms with Crippen molar-refractivity contribution in [2.24, 2.45) is 5.92 Å².